The van der Waals surface area contributed by atoms with Crippen molar-refractivity contribution >= 4 is 34.5 Å². The Morgan fingerprint density at radius 3 is 2.82 bits per heavy atom. The predicted octanol–water partition coefficient (Wildman–Crippen LogP) is 4.55. The predicted molar refractivity (Wildman–Crippen MR) is 105 cm³/mol. The molecule has 142 valence electrons. The van der Waals surface area contributed by atoms with Gasteiger partial charge < -0.3 is 9.55 Å². The van der Waals surface area contributed by atoms with E-state index in [0.29, 0.717) is 32.8 Å². The van der Waals surface area contributed by atoms with Gasteiger partial charge in [0.2, 0.25) is 0 Å². The van der Waals surface area contributed by atoms with E-state index in [9.17, 15) is 4.53 Å². The average molecular weight is 416 g/mol. The van der Waals surface area contributed by atoms with Crippen molar-refractivity contribution in [3.8, 4) is 5.75 Å². The Bertz CT molecular complexity index is 1180. The molecule has 0 fully saturated rings. The number of halogens is 2. The highest BCUT2D eigenvalue weighted by molar-refractivity contribution is 7.99. The standard InChI is InChI=1S/C19H15ClFN5OS/c20-14-7-6-13(27-21)10-15(14)28-19-24-16-17(22)23-11-26(18(16)25-19)9-8-12-4-2-1-3-5-12/h1-7,10-11,22H,8-9H2,(H,24,25). The number of aryl methyl sites for hydroxylation is 2. The summed E-state index contributed by atoms with van der Waals surface area (Å²) >= 11 is 7.42. The van der Waals surface area contributed by atoms with Crippen LogP contribution in [0.3, 0.4) is 0 Å². The van der Waals surface area contributed by atoms with Crippen LogP contribution in [0.25, 0.3) is 11.2 Å². The van der Waals surface area contributed by atoms with E-state index in [1.165, 1.54) is 29.5 Å². The van der Waals surface area contributed by atoms with Gasteiger partial charge in [-0.05, 0) is 24.1 Å². The normalized spacial score (nSPS) is 11.1. The number of hydrogen-bond acceptors (Lipinski definition) is 5. The maximum atomic E-state index is 12.5. The Hall–Kier alpha value is -2.84. The number of nitrogens with zero attached hydrogens (tertiary/aromatic N) is 3. The highest BCUT2D eigenvalue weighted by Crippen LogP contribution is 2.35. The van der Waals surface area contributed by atoms with Gasteiger partial charge in [-0.15, -0.1) is 0 Å². The molecule has 4 rings (SSSR count). The molecule has 2 N–H and O–H groups in total. The Labute approximate surface area is 168 Å². The molecule has 2 aromatic carbocycles. The topological polar surface area (TPSA) is 79.6 Å². The number of imidazole rings is 1. The second-order valence-electron chi connectivity index (χ2n) is 6.03. The summed E-state index contributed by atoms with van der Waals surface area (Å²) < 4.78 is 14.4. The number of aromatic amines is 1. The lowest BCUT2D eigenvalue weighted by Gasteiger charge is -2.06. The summed E-state index contributed by atoms with van der Waals surface area (Å²) in [6.07, 6.45) is 2.43. The van der Waals surface area contributed by atoms with E-state index in [0.717, 1.165) is 6.42 Å². The molecule has 0 atom stereocenters. The third-order valence-electron chi connectivity index (χ3n) is 4.18. The number of H-pyrrole nitrogens is 1. The lowest BCUT2D eigenvalue weighted by molar-refractivity contribution is -0.00645. The number of aromatic nitrogens is 4. The van der Waals surface area contributed by atoms with Crippen molar-refractivity contribution in [1.29, 1.82) is 5.41 Å². The first-order valence-electron chi connectivity index (χ1n) is 8.43. The zero-order chi connectivity index (χ0) is 19.5. The van der Waals surface area contributed by atoms with Crippen LogP contribution in [0.4, 0.5) is 4.53 Å². The monoisotopic (exact) mass is 415 g/mol. The largest absolute Gasteiger partial charge is 0.328 e. The maximum Gasteiger partial charge on any atom is 0.173 e. The highest BCUT2D eigenvalue weighted by Gasteiger charge is 2.13. The van der Waals surface area contributed by atoms with Gasteiger partial charge in [0.25, 0.3) is 0 Å². The van der Waals surface area contributed by atoms with Gasteiger partial charge in [-0.25, -0.2) is 9.97 Å². The molecule has 6 nitrogen and oxygen atoms in total. The molecular formula is C19H15ClFN5OS. The lowest BCUT2D eigenvalue weighted by atomic mass is 10.1. The fourth-order valence-electron chi connectivity index (χ4n) is 2.78. The molecule has 0 bridgehead atoms. The van der Waals surface area contributed by atoms with Crippen LogP contribution in [-0.4, -0.2) is 19.5 Å². The number of nitrogens with one attached hydrogen (secondary N) is 2. The van der Waals surface area contributed by atoms with Gasteiger partial charge in [-0.2, -0.15) is 0 Å². The van der Waals surface area contributed by atoms with Crippen LogP contribution in [0.5, 0.6) is 5.75 Å². The molecule has 0 saturated heterocycles. The van der Waals surface area contributed by atoms with Crippen molar-refractivity contribution in [2.75, 3.05) is 0 Å². The first-order valence-corrected chi connectivity index (χ1v) is 9.63. The van der Waals surface area contributed by atoms with E-state index in [4.69, 9.17) is 17.0 Å². The Balaban J connectivity index is 1.65. The van der Waals surface area contributed by atoms with E-state index < -0.39 is 0 Å². The summed E-state index contributed by atoms with van der Waals surface area (Å²) in [4.78, 5) is 16.2. The molecule has 9 heteroatoms. The molecular weight excluding hydrogens is 401 g/mol. The molecule has 0 aliphatic heterocycles. The number of fused-ring (bicyclic) bond motifs is 1. The van der Waals surface area contributed by atoms with E-state index in [1.807, 2.05) is 22.8 Å². The van der Waals surface area contributed by atoms with Gasteiger partial charge in [0, 0.05) is 22.0 Å². The van der Waals surface area contributed by atoms with Crippen LogP contribution >= 0.6 is 23.4 Å². The number of rotatable bonds is 6. The molecule has 4 aromatic rings. The Morgan fingerprint density at radius 2 is 2.04 bits per heavy atom. The maximum absolute atomic E-state index is 12.5. The van der Waals surface area contributed by atoms with Crippen LogP contribution in [-0.2, 0) is 13.0 Å². The van der Waals surface area contributed by atoms with Crippen LogP contribution in [0.15, 0.2) is 64.9 Å². The SMILES string of the molecule is N=c1ncn(CCc2ccccc2)c2nc(Sc3cc(OF)ccc3Cl)[nH]c12. The van der Waals surface area contributed by atoms with Crippen LogP contribution in [0.2, 0.25) is 5.02 Å². The molecule has 0 unspecified atom stereocenters. The second-order valence-corrected chi connectivity index (χ2v) is 7.47. The van der Waals surface area contributed by atoms with E-state index in [-0.39, 0.29) is 11.2 Å². The van der Waals surface area contributed by atoms with Gasteiger partial charge >= 0.3 is 0 Å². The quantitative estimate of drug-likeness (QED) is 0.484. The summed E-state index contributed by atoms with van der Waals surface area (Å²) in [5, 5.41) is 9.04. The van der Waals surface area contributed by atoms with Crippen LogP contribution in [0.1, 0.15) is 5.56 Å². The first kappa shape index (κ1) is 18.5. The molecule has 2 aromatic heterocycles. The molecule has 0 aliphatic carbocycles. The molecule has 0 radical (unpaired) electrons. The summed E-state index contributed by atoms with van der Waals surface area (Å²) in [5.74, 6) is 0.0591. The average Bonchev–Trinajstić information content (AvgIpc) is 3.15. The van der Waals surface area contributed by atoms with E-state index >= 15 is 0 Å². The molecule has 0 aliphatic rings. The molecule has 0 spiro atoms. The van der Waals surface area contributed by atoms with Crippen molar-refractivity contribution in [2.45, 2.75) is 23.0 Å². The summed E-state index contributed by atoms with van der Waals surface area (Å²) in [6.45, 7) is 0.675. The van der Waals surface area contributed by atoms with Gasteiger partial charge in [0.15, 0.2) is 22.0 Å². The molecule has 28 heavy (non-hydrogen) atoms. The summed E-state index contributed by atoms with van der Waals surface area (Å²) in [6, 6.07) is 14.6. The zero-order valence-corrected chi connectivity index (χ0v) is 16.1. The van der Waals surface area contributed by atoms with Gasteiger partial charge in [0.1, 0.15) is 5.52 Å². The van der Waals surface area contributed by atoms with Crippen molar-refractivity contribution in [1.82, 2.24) is 19.5 Å². The minimum absolute atomic E-state index is 0.0591. The third-order valence-corrected chi connectivity index (χ3v) is 5.57. The Kier molecular flexibility index (Phi) is 5.31. The summed E-state index contributed by atoms with van der Waals surface area (Å²) in [7, 11) is 0. The van der Waals surface area contributed by atoms with Gasteiger partial charge in [0.05, 0.1) is 11.3 Å². The van der Waals surface area contributed by atoms with Crippen molar-refractivity contribution in [3.05, 3.63) is 70.9 Å². The third kappa shape index (κ3) is 3.88. The van der Waals surface area contributed by atoms with E-state index in [1.54, 1.807) is 12.4 Å². The van der Waals surface area contributed by atoms with Gasteiger partial charge in [-0.1, -0.05) is 53.7 Å². The minimum atomic E-state index is 0.0591. The highest BCUT2D eigenvalue weighted by atomic mass is 35.5. The number of benzene rings is 2. The van der Waals surface area contributed by atoms with Crippen molar-refractivity contribution in [2.24, 2.45) is 0 Å². The van der Waals surface area contributed by atoms with Crippen molar-refractivity contribution < 1.29 is 9.47 Å². The molecule has 0 saturated carbocycles. The van der Waals surface area contributed by atoms with Crippen molar-refractivity contribution in [3.63, 3.8) is 0 Å². The molecule has 2 heterocycles. The van der Waals surface area contributed by atoms with Crippen LogP contribution < -0.4 is 10.4 Å². The zero-order valence-electron chi connectivity index (χ0n) is 14.5. The number of hydrogen-bond donors (Lipinski definition) is 2. The summed E-state index contributed by atoms with van der Waals surface area (Å²) in [5.41, 5.74) is 2.48. The second kappa shape index (κ2) is 8.04. The van der Waals surface area contributed by atoms with Gasteiger partial charge in [-0.3, -0.25) is 10.4 Å². The lowest BCUT2D eigenvalue weighted by Crippen LogP contribution is -2.13. The minimum Gasteiger partial charge on any atom is -0.328 e. The first-order chi connectivity index (χ1) is 13.6. The fraction of sp³-hybridized carbons (Fsp3) is 0.105. The van der Waals surface area contributed by atoms with E-state index in [2.05, 4.69) is 32.0 Å². The fourth-order valence-corrected chi connectivity index (χ4v) is 3.85. The smallest absolute Gasteiger partial charge is 0.173 e. The van der Waals surface area contributed by atoms with Crippen LogP contribution in [0, 0.1) is 5.41 Å². The molecule has 0 amide bonds. The Morgan fingerprint density at radius 1 is 1.21 bits per heavy atom.